The Morgan fingerprint density at radius 1 is 1.06 bits per heavy atom. The molecule has 1 saturated heterocycles. The number of likely N-dealkylation sites (tertiary alicyclic amines) is 1. The highest BCUT2D eigenvalue weighted by Crippen LogP contribution is 2.27. The molecular weight excluding hydrogens is 426 g/mol. The molecule has 7 nitrogen and oxygen atoms in total. The summed E-state index contributed by atoms with van der Waals surface area (Å²) in [6.07, 6.45) is 6.46. The minimum Gasteiger partial charge on any atom is -0.338 e. The lowest BCUT2D eigenvalue weighted by Gasteiger charge is -2.33. The highest BCUT2D eigenvalue weighted by atomic mass is 16.2. The Bertz CT molecular complexity index is 1340. The smallest absolute Gasteiger partial charge is 0.276 e. The number of rotatable bonds is 5. The molecule has 3 heterocycles. The number of hydrogen-bond donors (Lipinski definition) is 1. The van der Waals surface area contributed by atoms with Gasteiger partial charge >= 0.3 is 0 Å². The summed E-state index contributed by atoms with van der Waals surface area (Å²) in [5.74, 6) is -0.0286. The van der Waals surface area contributed by atoms with Crippen molar-refractivity contribution in [3.05, 3.63) is 89.9 Å². The van der Waals surface area contributed by atoms with Crippen molar-refractivity contribution < 1.29 is 9.59 Å². The van der Waals surface area contributed by atoms with Gasteiger partial charge in [0.1, 0.15) is 0 Å². The average molecular weight is 454 g/mol. The molecule has 0 radical (unpaired) electrons. The highest BCUT2D eigenvalue weighted by Gasteiger charge is 2.27. The quantitative estimate of drug-likeness (QED) is 0.488. The summed E-state index contributed by atoms with van der Waals surface area (Å²) >= 11 is 0. The number of fused-ring (bicyclic) bond motifs is 1. The number of carbonyl (C=O) groups is 2. The lowest BCUT2D eigenvalue weighted by molar-refractivity contribution is 0.0674. The molecule has 0 spiro atoms. The largest absolute Gasteiger partial charge is 0.338 e. The normalized spacial score (nSPS) is 15.9. The monoisotopic (exact) mass is 453 g/mol. The number of aryl methyl sites for hydroxylation is 1. The van der Waals surface area contributed by atoms with E-state index >= 15 is 0 Å². The van der Waals surface area contributed by atoms with Gasteiger partial charge in [0, 0.05) is 37.9 Å². The van der Waals surface area contributed by atoms with E-state index in [1.807, 2.05) is 29.3 Å². The van der Waals surface area contributed by atoms with Gasteiger partial charge in [0.25, 0.3) is 11.8 Å². The Balaban J connectivity index is 1.31. The van der Waals surface area contributed by atoms with Crippen molar-refractivity contribution in [3.8, 4) is 0 Å². The van der Waals surface area contributed by atoms with E-state index in [4.69, 9.17) is 0 Å². The van der Waals surface area contributed by atoms with Gasteiger partial charge in [-0.1, -0.05) is 36.4 Å². The number of aromatic nitrogens is 3. The van der Waals surface area contributed by atoms with Crippen LogP contribution in [-0.2, 0) is 13.5 Å². The van der Waals surface area contributed by atoms with Crippen LogP contribution in [0.2, 0.25) is 0 Å². The van der Waals surface area contributed by atoms with Gasteiger partial charge in [-0.05, 0) is 55.0 Å². The Hall–Kier alpha value is -4.00. The molecule has 1 N–H and O–H groups in total. The number of piperidine rings is 1. The van der Waals surface area contributed by atoms with Crippen LogP contribution in [-0.4, -0.2) is 44.6 Å². The zero-order valence-electron chi connectivity index (χ0n) is 19.1. The Morgan fingerprint density at radius 2 is 1.91 bits per heavy atom. The summed E-state index contributed by atoms with van der Waals surface area (Å²) in [5, 5.41) is 8.15. The van der Waals surface area contributed by atoms with Crippen LogP contribution in [0, 0.1) is 5.92 Å². The standard InChI is InChI=1S/C27H27N5O2/c1-31-16-13-24(30-31)26(33)29-23-12-3-2-11-22(23)27(34)32-15-6-7-19(18-32)17-21-9-4-8-20-10-5-14-28-25(20)21/h2-5,8-14,16,19H,6-7,15,17-18H2,1H3,(H,29,33)/t19-/m1/s1. The van der Waals surface area contributed by atoms with Crippen LogP contribution in [0.1, 0.15) is 39.3 Å². The molecule has 1 aliphatic rings. The molecule has 7 heteroatoms. The van der Waals surface area contributed by atoms with Crippen LogP contribution < -0.4 is 5.32 Å². The van der Waals surface area contributed by atoms with Gasteiger partial charge in [-0.3, -0.25) is 19.3 Å². The Morgan fingerprint density at radius 3 is 2.76 bits per heavy atom. The maximum absolute atomic E-state index is 13.5. The topological polar surface area (TPSA) is 80.1 Å². The first-order valence-electron chi connectivity index (χ1n) is 11.6. The molecule has 1 fully saturated rings. The summed E-state index contributed by atoms with van der Waals surface area (Å²) < 4.78 is 1.57. The first kappa shape index (κ1) is 21.8. The second-order valence-corrected chi connectivity index (χ2v) is 8.83. The zero-order chi connectivity index (χ0) is 23.5. The maximum Gasteiger partial charge on any atom is 0.276 e. The van der Waals surface area contributed by atoms with Gasteiger partial charge in [-0.2, -0.15) is 5.10 Å². The van der Waals surface area contributed by atoms with E-state index in [9.17, 15) is 9.59 Å². The van der Waals surface area contributed by atoms with E-state index in [1.54, 1.807) is 36.1 Å². The number of benzene rings is 2. The highest BCUT2D eigenvalue weighted by molar-refractivity contribution is 6.08. The number of para-hydroxylation sites is 2. The average Bonchev–Trinajstić information content (AvgIpc) is 3.31. The molecule has 1 atom stereocenters. The van der Waals surface area contributed by atoms with Crippen molar-refractivity contribution in [2.45, 2.75) is 19.3 Å². The van der Waals surface area contributed by atoms with Crippen molar-refractivity contribution in [1.29, 1.82) is 0 Å². The van der Waals surface area contributed by atoms with Crippen LogP contribution >= 0.6 is 0 Å². The molecule has 4 aromatic rings. The van der Waals surface area contributed by atoms with Gasteiger partial charge in [0.15, 0.2) is 5.69 Å². The Labute approximate surface area is 198 Å². The van der Waals surface area contributed by atoms with Crippen molar-refractivity contribution >= 4 is 28.4 Å². The lowest BCUT2D eigenvalue weighted by Crippen LogP contribution is -2.40. The van der Waals surface area contributed by atoms with Crippen LogP contribution in [0.4, 0.5) is 5.69 Å². The lowest BCUT2D eigenvalue weighted by atomic mass is 9.90. The van der Waals surface area contributed by atoms with Crippen molar-refractivity contribution in [3.63, 3.8) is 0 Å². The molecule has 2 amide bonds. The minimum absolute atomic E-state index is 0.0577. The van der Waals surface area contributed by atoms with Gasteiger partial charge in [-0.25, -0.2) is 0 Å². The molecule has 2 aromatic heterocycles. The molecule has 172 valence electrons. The fourth-order valence-corrected chi connectivity index (χ4v) is 4.73. The summed E-state index contributed by atoms with van der Waals surface area (Å²) in [4.78, 5) is 32.6. The number of hydrogen-bond acceptors (Lipinski definition) is 4. The van der Waals surface area contributed by atoms with Crippen LogP contribution in [0.25, 0.3) is 10.9 Å². The van der Waals surface area contributed by atoms with E-state index < -0.39 is 0 Å². The first-order chi connectivity index (χ1) is 16.6. The van der Waals surface area contributed by atoms with Gasteiger partial charge < -0.3 is 10.2 Å². The van der Waals surface area contributed by atoms with Crippen molar-refractivity contribution in [2.24, 2.45) is 13.0 Å². The first-order valence-corrected chi connectivity index (χ1v) is 11.6. The van der Waals surface area contributed by atoms with Gasteiger partial charge in [0.05, 0.1) is 16.8 Å². The fraction of sp³-hybridized carbons (Fsp3) is 0.259. The minimum atomic E-state index is -0.333. The molecular formula is C27H27N5O2. The predicted molar refractivity (Wildman–Crippen MR) is 132 cm³/mol. The number of anilines is 1. The second kappa shape index (κ2) is 9.47. The molecule has 2 aromatic carbocycles. The zero-order valence-corrected chi connectivity index (χ0v) is 19.1. The number of nitrogens with one attached hydrogen (secondary N) is 1. The summed E-state index contributed by atoms with van der Waals surface area (Å²) in [5.41, 5.74) is 3.57. The maximum atomic E-state index is 13.5. The SMILES string of the molecule is Cn1ccc(C(=O)Nc2ccccc2C(=O)N2CCC[C@H](Cc3cccc4cccnc34)C2)n1. The number of nitrogens with zero attached hydrogens (tertiary/aromatic N) is 4. The third-order valence-electron chi connectivity index (χ3n) is 6.38. The molecule has 0 bridgehead atoms. The van der Waals surface area contributed by atoms with E-state index in [1.165, 1.54) is 5.56 Å². The molecule has 0 saturated carbocycles. The van der Waals surface area contributed by atoms with Gasteiger partial charge in [-0.15, -0.1) is 0 Å². The van der Waals surface area contributed by atoms with Crippen LogP contribution in [0.5, 0.6) is 0 Å². The van der Waals surface area contributed by atoms with E-state index in [2.05, 4.69) is 39.7 Å². The van der Waals surface area contributed by atoms with Crippen molar-refractivity contribution in [2.75, 3.05) is 18.4 Å². The molecule has 34 heavy (non-hydrogen) atoms. The van der Waals surface area contributed by atoms with Crippen LogP contribution in [0.15, 0.2) is 73.1 Å². The van der Waals surface area contributed by atoms with E-state index in [0.29, 0.717) is 36.0 Å². The molecule has 0 aliphatic carbocycles. The van der Waals surface area contributed by atoms with E-state index in [-0.39, 0.29) is 11.8 Å². The molecule has 0 unspecified atom stereocenters. The number of carbonyl (C=O) groups excluding carboxylic acids is 2. The predicted octanol–water partition coefficient (Wildman–Crippen LogP) is 4.32. The Kier molecular flexibility index (Phi) is 6.08. The third kappa shape index (κ3) is 4.55. The molecule has 5 rings (SSSR count). The summed E-state index contributed by atoms with van der Waals surface area (Å²) in [7, 11) is 1.76. The summed E-state index contributed by atoms with van der Waals surface area (Å²) in [6, 6.07) is 19.2. The summed E-state index contributed by atoms with van der Waals surface area (Å²) in [6.45, 7) is 1.40. The molecule has 1 aliphatic heterocycles. The fourth-order valence-electron chi connectivity index (χ4n) is 4.73. The second-order valence-electron chi connectivity index (χ2n) is 8.83. The number of pyridine rings is 1. The number of amides is 2. The van der Waals surface area contributed by atoms with Gasteiger partial charge in [0.2, 0.25) is 0 Å². The van der Waals surface area contributed by atoms with E-state index in [0.717, 1.165) is 30.2 Å². The van der Waals surface area contributed by atoms with Crippen molar-refractivity contribution in [1.82, 2.24) is 19.7 Å². The van der Waals surface area contributed by atoms with Crippen LogP contribution in [0.3, 0.4) is 0 Å². The third-order valence-corrected chi connectivity index (χ3v) is 6.38.